The molecule has 0 aromatic heterocycles. The molecule has 0 bridgehead atoms. The van der Waals surface area contributed by atoms with E-state index in [0.29, 0.717) is 5.56 Å². The van der Waals surface area contributed by atoms with Gasteiger partial charge in [-0.2, -0.15) is 0 Å². The molecule has 1 rings (SSSR count). The van der Waals surface area contributed by atoms with E-state index in [0.717, 1.165) is 18.2 Å². The van der Waals surface area contributed by atoms with Crippen molar-refractivity contribution in [1.29, 1.82) is 0 Å². The van der Waals surface area contributed by atoms with Gasteiger partial charge in [0.15, 0.2) is 0 Å². The molecule has 1 N–H and O–H groups in total. The topological polar surface area (TPSA) is 100 Å². The van der Waals surface area contributed by atoms with E-state index >= 15 is 0 Å². The number of carboxylic acids is 2. The third-order valence-electron chi connectivity index (χ3n) is 1.89. The van der Waals surface area contributed by atoms with Crippen LogP contribution in [-0.4, -0.2) is 17.0 Å². The fourth-order valence-corrected chi connectivity index (χ4v) is 1.20. The first-order chi connectivity index (χ1) is 8.00. The van der Waals surface area contributed by atoms with Crippen LogP contribution >= 0.6 is 0 Å². The van der Waals surface area contributed by atoms with Crippen LogP contribution in [0.5, 0.6) is 5.75 Å². The first-order valence-corrected chi connectivity index (χ1v) is 4.61. The highest BCUT2D eigenvalue weighted by Gasteiger charge is 1.97. The molecule has 1 aromatic carbocycles. The minimum absolute atomic E-state index is 0.118. The Bertz CT molecular complexity index is 500. The molecule has 5 heteroatoms. The summed E-state index contributed by atoms with van der Waals surface area (Å²) < 4.78 is 0. The van der Waals surface area contributed by atoms with Gasteiger partial charge < -0.3 is 20.1 Å². The SMILES string of the molecule is O=C([O-])/C=C/c1cccc([O-])c1/C=C/C(=O)O. The van der Waals surface area contributed by atoms with E-state index in [1.165, 1.54) is 24.3 Å². The van der Waals surface area contributed by atoms with Crippen molar-refractivity contribution >= 4 is 24.1 Å². The number of hydrogen-bond acceptors (Lipinski definition) is 4. The van der Waals surface area contributed by atoms with Gasteiger partial charge >= 0.3 is 5.97 Å². The predicted molar refractivity (Wildman–Crippen MR) is 56.6 cm³/mol. The number of carbonyl (C=O) groups excluding carboxylic acids is 1. The summed E-state index contributed by atoms with van der Waals surface area (Å²) in [5.74, 6) is -2.97. The van der Waals surface area contributed by atoms with Crippen molar-refractivity contribution in [2.24, 2.45) is 0 Å². The normalized spacial score (nSPS) is 11.1. The average Bonchev–Trinajstić information content (AvgIpc) is 2.24. The summed E-state index contributed by atoms with van der Waals surface area (Å²) in [5, 5.41) is 30.2. The predicted octanol–water partition coefficient (Wildman–Crippen LogP) is -0.379. The highest BCUT2D eigenvalue weighted by Crippen LogP contribution is 2.21. The molecule has 0 saturated heterocycles. The van der Waals surface area contributed by atoms with Crippen LogP contribution in [0.25, 0.3) is 12.2 Å². The molecule has 17 heavy (non-hydrogen) atoms. The Morgan fingerprint density at radius 3 is 2.47 bits per heavy atom. The molecule has 0 atom stereocenters. The Hall–Kier alpha value is -2.56. The molecule has 0 aliphatic carbocycles. The Kier molecular flexibility index (Phi) is 4.05. The van der Waals surface area contributed by atoms with Crippen molar-refractivity contribution in [3.05, 3.63) is 41.5 Å². The Morgan fingerprint density at radius 1 is 1.18 bits per heavy atom. The van der Waals surface area contributed by atoms with Crippen LogP contribution in [0.1, 0.15) is 11.1 Å². The zero-order valence-corrected chi connectivity index (χ0v) is 8.62. The van der Waals surface area contributed by atoms with Gasteiger partial charge in [0.1, 0.15) is 0 Å². The lowest BCUT2D eigenvalue weighted by Crippen LogP contribution is -2.18. The Balaban J connectivity index is 3.17. The zero-order valence-electron chi connectivity index (χ0n) is 8.62. The van der Waals surface area contributed by atoms with Gasteiger partial charge in [-0.05, 0) is 23.3 Å². The van der Waals surface area contributed by atoms with Gasteiger partial charge in [0.2, 0.25) is 0 Å². The molecule has 0 spiro atoms. The monoisotopic (exact) mass is 232 g/mol. The number of hydrogen-bond donors (Lipinski definition) is 1. The average molecular weight is 232 g/mol. The van der Waals surface area contributed by atoms with Gasteiger partial charge in [-0.3, -0.25) is 0 Å². The van der Waals surface area contributed by atoms with E-state index in [1.54, 1.807) is 0 Å². The summed E-state index contributed by atoms with van der Waals surface area (Å²) in [5.41, 5.74) is 0.437. The summed E-state index contributed by atoms with van der Waals surface area (Å²) in [6, 6.07) is 4.22. The molecule has 1 aromatic rings. The number of aliphatic carboxylic acids is 2. The maximum atomic E-state index is 11.5. The molecular weight excluding hydrogens is 224 g/mol. The van der Waals surface area contributed by atoms with Crippen LogP contribution in [0, 0.1) is 0 Å². The van der Waals surface area contributed by atoms with Gasteiger partial charge in [0.05, 0.1) is 5.97 Å². The molecule has 5 nitrogen and oxygen atoms in total. The minimum Gasteiger partial charge on any atom is -0.872 e. The summed E-state index contributed by atoms with van der Waals surface area (Å²) in [6.07, 6.45) is 3.89. The van der Waals surface area contributed by atoms with Gasteiger partial charge in [0.25, 0.3) is 0 Å². The van der Waals surface area contributed by atoms with Gasteiger partial charge in [-0.25, -0.2) is 4.79 Å². The highest BCUT2D eigenvalue weighted by atomic mass is 16.4. The quantitative estimate of drug-likeness (QED) is 0.713. The fourth-order valence-electron chi connectivity index (χ4n) is 1.20. The van der Waals surface area contributed by atoms with E-state index in [1.807, 2.05) is 0 Å². The first kappa shape index (κ1) is 12.5. The van der Waals surface area contributed by atoms with Crippen molar-refractivity contribution in [3.8, 4) is 5.75 Å². The van der Waals surface area contributed by atoms with Gasteiger partial charge in [0, 0.05) is 6.08 Å². The lowest BCUT2D eigenvalue weighted by Gasteiger charge is -2.12. The highest BCUT2D eigenvalue weighted by molar-refractivity contribution is 5.89. The van der Waals surface area contributed by atoms with Gasteiger partial charge in [-0.1, -0.05) is 24.3 Å². The lowest BCUT2D eigenvalue weighted by molar-refractivity contribution is -0.297. The lowest BCUT2D eigenvalue weighted by atomic mass is 10.1. The molecule has 0 saturated carbocycles. The van der Waals surface area contributed by atoms with Crippen molar-refractivity contribution < 1.29 is 24.9 Å². The number of carbonyl (C=O) groups is 2. The first-order valence-electron chi connectivity index (χ1n) is 4.61. The van der Waals surface area contributed by atoms with E-state index in [4.69, 9.17) is 5.11 Å². The van der Waals surface area contributed by atoms with Gasteiger partial charge in [-0.15, -0.1) is 5.75 Å². The third kappa shape index (κ3) is 3.83. The molecule has 0 heterocycles. The van der Waals surface area contributed by atoms with E-state index in [2.05, 4.69) is 0 Å². The number of carboxylic acid groups (broad SMARTS) is 2. The second-order valence-corrected chi connectivity index (χ2v) is 3.08. The summed E-state index contributed by atoms with van der Waals surface area (Å²) >= 11 is 0. The van der Waals surface area contributed by atoms with E-state index in [9.17, 15) is 19.8 Å². The standard InChI is InChI=1S/C12H10O5/c13-10-3-1-2-8(4-6-11(14)15)9(10)5-7-12(16)17/h1-7,13H,(H,14,15)(H,16,17)/p-2/b6-4+,7-5+. The fraction of sp³-hybridized carbons (Fsp3) is 0. The van der Waals surface area contributed by atoms with Crippen LogP contribution in [0.2, 0.25) is 0 Å². The van der Waals surface area contributed by atoms with Crippen LogP contribution in [0.4, 0.5) is 0 Å². The molecule has 88 valence electrons. The van der Waals surface area contributed by atoms with Crippen molar-refractivity contribution in [2.45, 2.75) is 0 Å². The Morgan fingerprint density at radius 2 is 1.88 bits per heavy atom. The molecule has 0 radical (unpaired) electrons. The maximum absolute atomic E-state index is 11.5. The van der Waals surface area contributed by atoms with Crippen LogP contribution < -0.4 is 10.2 Å². The van der Waals surface area contributed by atoms with Crippen LogP contribution in [-0.2, 0) is 9.59 Å². The third-order valence-corrected chi connectivity index (χ3v) is 1.89. The Labute approximate surface area is 96.9 Å². The smallest absolute Gasteiger partial charge is 0.328 e. The molecule has 0 aliphatic heterocycles. The van der Waals surface area contributed by atoms with E-state index in [-0.39, 0.29) is 11.3 Å². The number of benzene rings is 1. The second-order valence-electron chi connectivity index (χ2n) is 3.08. The summed E-state index contributed by atoms with van der Waals surface area (Å²) in [6.45, 7) is 0. The molecule has 0 amide bonds. The largest absolute Gasteiger partial charge is 0.872 e. The zero-order chi connectivity index (χ0) is 12.8. The van der Waals surface area contributed by atoms with Crippen LogP contribution in [0.15, 0.2) is 30.4 Å². The van der Waals surface area contributed by atoms with Crippen molar-refractivity contribution in [3.63, 3.8) is 0 Å². The summed E-state index contributed by atoms with van der Waals surface area (Å²) in [4.78, 5) is 20.6. The summed E-state index contributed by atoms with van der Waals surface area (Å²) in [7, 11) is 0. The van der Waals surface area contributed by atoms with Crippen molar-refractivity contribution in [2.75, 3.05) is 0 Å². The maximum Gasteiger partial charge on any atom is 0.328 e. The van der Waals surface area contributed by atoms with Crippen LogP contribution in [0.3, 0.4) is 0 Å². The molecule has 0 fully saturated rings. The molecule has 0 aliphatic rings. The minimum atomic E-state index is -1.39. The second kappa shape index (κ2) is 5.50. The molecular formula is C12H8O5-2. The molecule has 0 unspecified atom stereocenters. The number of rotatable bonds is 4. The van der Waals surface area contributed by atoms with Crippen molar-refractivity contribution in [1.82, 2.24) is 0 Å². The van der Waals surface area contributed by atoms with E-state index < -0.39 is 11.9 Å².